The average molecular weight is 413 g/mol. The zero-order valence-corrected chi connectivity index (χ0v) is 16.2. The molecule has 1 N–H and O–H groups in total. The fourth-order valence-corrected chi connectivity index (χ4v) is 3.10. The summed E-state index contributed by atoms with van der Waals surface area (Å²) in [5, 5.41) is 3.57. The van der Waals surface area contributed by atoms with Crippen molar-refractivity contribution in [2.45, 2.75) is 0 Å². The van der Waals surface area contributed by atoms with Gasteiger partial charge in [-0.3, -0.25) is 4.79 Å². The second kappa shape index (κ2) is 7.54. The summed E-state index contributed by atoms with van der Waals surface area (Å²) in [6.45, 7) is 0. The van der Waals surface area contributed by atoms with Crippen molar-refractivity contribution in [1.29, 1.82) is 0 Å². The van der Waals surface area contributed by atoms with Gasteiger partial charge in [0.15, 0.2) is 5.58 Å². The van der Waals surface area contributed by atoms with Crippen molar-refractivity contribution in [2.75, 3.05) is 12.4 Å². The predicted octanol–water partition coefficient (Wildman–Crippen LogP) is 6.06. The summed E-state index contributed by atoms with van der Waals surface area (Å²) in [6.07, 6.45) is 0. The van der Waals surface area contributed by atoms with Gasteiger partial charge in [-0.1, -0.05) is 23.2 Å². The topological polar surface area (TPSA) is 64.4 Å². The molecule has 4 rings (SSSR count). The number of benzene rings is 3. The fraction of sp³-hybridized carbons (Fsp3) is 0.0476. The number of hydrogen-bond donors (Lipinski definition) is 1. The van der Waals surface area contributed by atoms with Crippen LogP contribution in [0, 0.1) is 0 Å². The SMILES string of the molecule is COc1ccc2oc(-c3ccc(NC(=O)c4cc(Cl)ccc4Cl)cc3)nc2c1. The van der Waals surface area contributed by atoms with E-state index in [1.54, 1.807) is 31.4 Å². The van der Waals surface area contributed by atoms with Crippen molar-refractivity contribution >= 4 is 45.9 Å². The van der Waals surface area contributed by atoms with E-state index >= 15 is 0 Å². The molecule has 0 spiro atoms. The smallest absolute Gasteiger partial charge is 0.257 e. The molecule has 3 aromatic carbocycles. The summed E-state index contributed by atoms with van der Waals surface area (Å²) >= 11 is 12.0. The molecule has 0 aliphatic carbocycles. The molecule has 0 aliphatic heterocycles. The maximum absolute atomic E-state index is 12.4. The van der Waals surface area contributed by atoms with Gasteiger partial charge < -0.3 is 14.5 Å². The van der Waals surface area contributed by atoms with Gasteiger partial charge in [-0.2, -0.15) is 0 Å². The molecule has 0 saturated carbocycles. The average Bonchev–Trinajstić information content (AvgIpc) is 3.13. The van der Waals surface area contributed by atoms with E-state index in [9.17, 15) is 4.79 Å². The molecule has 4 aromatic rings. The summed E-state index contributed by atoms with van der Waals surface area (Å²) in [4.78, 5) is 16.9. The summed E-state index contributed by atoms with van der Waals surface area (Å²) in [7, 11) is 1.60. The second-order valence-electron chi connectivity index (χ2n) is 6.01. The summed E-state index contributed by atoms with van der Waals surface area (Å²) in [6, 6.07) is 17.3. The third-order valence-electron chi connectivity index (χ3n) is 4.16. The highest BCUT2D eigenvalue weighted by Gasteiger charge is 2.13. The highest BCUT2D eigenvalue weighted by Crippen LogP contribution is 2.28. The second-order valence-corrected chi connectivity index (χ2v) is 6.85. The molecule has 1 amide bonds. The maximum atomic E-state index is 12.4. The van der Waals surface area contributed by atoms with Crippen LogP contribution in [0.3, 0.4) is 0 Å². The molecule has 0 bridgehead atoms. The minimum atomic E-state index is -0.339. The number of halogens is 2. The van der Waals surface area contributed by atoms with Crippen molar-refractivity contribution in [2.24, 2.45) is 0 Å². The molecule has 0 aliphatic rings. The lowest BCUT2D eigenvalue weighted by atomic mass is 10.2. The van der Waals surface area contributed by atoms with Crippen LogP contribution in [-0.4, -0.2) is 18.0 Å². The van der Waals surface area contributed by atoms with E-state index in [-0.39, 0.29) is 5.91 Å². The number of amides is 1. The predicted molar refractivity (Wildman–Crippen MR) is 110 cm³/mol. The number of carbonyl (C=O) groups is 1. The Balaban J connectivity index is 1.55. The highest BCUT2D eigenvalue weighted by atomic mass is 35.5. The van der Waals surface area contributed by atoms with E-state index in [1.165, 1.54) is 6.07 Å². The first-order valence-corrected chi connectivity index (χ1v) is 9.10. The number of hydrogen-bond acceptors (Lipinski definition) is 4. The molecular weight excluding hydrogens is 399 g/mol. The van der Waals surface area contributed by atoms with E-state index in [0.29, 0.717) is 44.0 Å². The van der Waals surface area contributed by atoms with Crippen LogP contribution in [0.25, 0.3) is 22.6 Å². The number of aromatic nitrogens is 1. The van der Waals surface area contributed by atoms with Crippen LogP contribution in [0.1, 0.15) is 10.4 Å². The van der Waals surface area contributed by atoms with Gasteiger partial charge in [0.1, 0.15) is 11.3 Å². The molecule has 1 aromatic heterocycles. The number of fused-ring (bicyclic) bond motifs is 1. The van der Waals surface area contributed by atoms with E-state index in [4.69, 9.17) is 32.4 Å². The summed E-state index contributed by atoms with van der Waals surface area (Å²) in [5.41, 5.74) is 3.09. The molecule has 0 unspecified atom stereocenters. The zero-order chi connectivity index (χ0) is 19.7. The van der Waals surface area contributed by atoms with Gasteiger partial charge in [0.2, 0.25) is 5.89 Å². The Kier molecular flexibility index (Phi) is 4.94. The minimum absolute atomic E-state index is 0.311. The number of nitrogens with one attached hydrogen (secondary N) is 1. The van der Waals surface area contributed by atoms with Crippen LogP contribution in [0.4, 0.5) is 5.69 Å². The van der Waals surface area contributed by atoms with Crippen molar-refractivity contribution in [3.05, 3.63) is 76.3 Å². The Morgan fingerprint density at radius 1 is 1.04 bits per heavy atom. The Morgan fingerprint density at radius 3 is 2.57 bits per heavy atom. The van der Waals surface area contributed by atoms with Gasteiger partial charge in [0.25, 0.3) is 5.91 Å². The quantitative estimate of drug-likeness (QED) is 0.442. The number of anilines is 1. The standard InChI is InChI=1S/C21H14Cl2N2O3/c1-27-15-7-9-19-18(11-15)25-21(28-19)12-2-5-14(6-3-12)24-20(26)16-10-13(22)4-8-17(16)23/h2-11H,1H3,(H,24,26). The van der Waals surface area contributed by atoms with Crippen LogP contribution in [0.2, 0.25) is 10.0 Å². The van der Waals surface area contributed by atoms with E-state index in [1.807, 2.05) is 30.3 Å². The first-order valence-electron chi connectivity index (χ1n) is 8.35. The van der Waals surface area contributed by atoms with Crippen molar-refractivity contribution in [1.82, 2.24) is 4.98 Å². The number of oxazole rings is 1. The van der Waals surface area contributed by atoms with Crippen LogP contribution >= 0.6 is 23.2 Å². The Hall–Kier alpha value is -3.02. The number of carbonyl (C=O) groups excluding carboxylic acids is 1. The molecule has 0 radical (unpaired) electrons. The Labute approximate surface area is 170 Å². The number of rotatable bonds is 4. The highest BCUT2D eigenvalue weighted by molar-refractivity contribution is 6.36. The zero-order valence-electron chi connectivity index (χ0n) is 14.7. The molecule has 0 atom stereocenters. The summed E-state index contributed by atoms with van der Waals surface area (Å²) in [5.74, 6) is 0.860. The van der Waals surface area contributed by atoms with Crippen LogP contribution in [0.5, 0.6) is 5.75 Å². The monoisotopic (exact) mass is 412 g/mol. The largest absolute Gasteiger partial charge is 0.497 e. The van der Waals surface area contributed by atoms with Crippen LogP contribution < -0.4 is 10.1 Å². The molecule has 0 fully saturated rings. The van der Waals surface area contributed by atoms with Gasteiger partial charge >= 0.3 is 0 Å². The lowest BCUT2D eigenvalue weighted by molar-refractivity contribution is 0.102. The van der Waals surface area contributed by atoms with Gasteiger partial charge in [-0.05, 0) is 54.6 Å². The van der Waals surface area contributed by atoms with E-state index in [0.717, 1.165) is 5.56 Å². The minimum Gasteiger partial charge on any atom is -0.497 e. The van der Waals surface area contributed by atoms with Crippen molar-refractivity contribution in [3.8, 4) is 17.2 Å². The Bertz CT molecular complexity index is 1170. The first-order chi connectivity index (χ1) is 13.5. The normalized spacial score (nSPS) is 10.8. The van der Waals surface area contributed by atoms with Crippen LogP contribution in [0.15, 0.2) is 65.1 Å². The van der Waals surface area contributed by atoms with Crippen molar-refractivity contribution in [3.63, 3.8) is 0 Å². The first kappa shape index (κ1) is 18.3. The molecule has 140 valence electrons. The summed E-state index contributed by atoms with van der Waals surface area (Å²) < 4.78 is 11.0. The Morgan fingerprint density at radius 2 is 1.82 bits per heavy atom. The van der Waals surface area contributed by atoms with Crippen molar-refractivity contribution < 1.29 is 13.9 Å². The van der Waals surface area contributed by atoms with Gasteiger partial charge in [0, 0.05) is 22.3 Å². The molecular formula is C21H14Cl2N2O3. The molecule has 5 nitrogen and oxygen atoms in total. The van der Waals surface area contributed by atoms with E-state index < -0.39 is 0 Å². The van der Waals surface area contributed by atoms with Crippen LogP contribution in [-0.2, 0) is 0 Å². The third-order valence-corrected chi connectivity index (χ3v) is 4.72. The molecule has 1 heterocycles. The fourth-order valence-electron chi connectivity index (χ4n) is 2.72. The number of methoxy groups -OCH3 is 1. The lowest BCUT2D eigenvalue weighted by Crippen LogP contribution is -2.12. The van der Waals surface area contributed by atoms with Gasteiger partial charge in [-0.15, -0.1) is 0 Å². The lowest BCUT2D eigenvalue weighted by Gasteiger charge is -2.07. The van der Waals surface area contributed by atoms with Gasteiger partial charge in [-0.25, -0.2) is 4.98 Å². The molecule has 28 heavy (non-hydrogen) atoms. The number of nitrogens with zero attached hydrogens (tertiary/aromatic N) is 1. The number of ether oxygens (including phenoxy) is 1. The molecule has 7 heteroatoms. The molecule has 0 saturated heterocycles. The van der Waals surface area contributed by atoms with Gasteiger partial charge in [0.05, 0.1) is 17.7 Å². The van der Waals surface area contributed by atoms with E-state index in [2.05, 4.69) is 10.3 Å². The maximum Gasteiger partial charge on any atom is 0.257 e. The third kappa shape index (κ3) is 3.67.